The summed E-state index contributed by atoms with van der Waals surface area (Å²) in [4.78, 5) is 17.0. The van der Waals surface area contributed by atoms with Crippen molar-refractivity contribution in [3.05, 3.63) is 59.5 Å². The summed E-state index contributed by atoms with van der Waals surface area (Å²) in [6.45, 7) is 5.14. The molecule has 2 aromatic heterocycles. The van der Waals surface area contributed by atoms with Gasteiger partial charge < -0.3 is 23.5 Å². The molecule has 0 atom stereocenters. The van der Waals surface area contributed by atoms with Crippen molar-refractivity contribution in [3.63, 3.8) is 0 Å². The third-order valence-corrected chi connectivity index (χ3v) is 5.39. The summed E-state index contributed by atoms with van der Waals surface area (Å²) < 4.78 is 16.4. The normalized spacial score (nSPS) is 13.7. The number of methoxy groups -OCH3 is 1. The van der Waals surface area contributed by atoms with E-state index in [2.05, 4.69) is 29.1 Å². The lowest BCUT2D eigenvalue weighted by Crippen LogP contribution is -2.34. The molecule has 1 aliphatic rings. The first kappa shape index (κ1) is 20.2. The highest BCUT2D eigenvalue weighted by Gasteiger charge is 2.28. The first-order chi connectivity index (χ1) is 14.7. The van der Waals surface area contributed by atoms with E-state index >= 15 is 0 Å². The summed E-state index contributed by atoms with van der Waals surface area (Å²) in [6, 6.07) is 11.6. The molecule has 3 heterocycles. The number of aromatic nitrogens is 1. The second-order valence-corrected chi connectivity index (χ2v) is 7.58. The molecular formula is C23H27N3O4. The molecule has 0 N–H and O–H groups in total. The fraction of sp³-hybridized carbons (Fsp3) is 0.391. The van der Waals surface area contributed by atoms with E-state index < -0.39 is 0 Å². The van der Waals surface area contributed by atoms with E-state index in [-0.39, 0.29) is 5.91 Å². The van der Waals surface area contributed by atoms with Crippen molar-refractivity contribution in [2.75, 3.05) is 38.3 Å². The number of carbonyl (C=O) groups excluding carboxylic acids is 1. The molecule has 1 fully saturated rings. The van der Waals surface area contributed by atoms with Crippen LogP contribution in [0, 0.1) is 6.92 Å². The van der Waals surface area contributed by atoms with Gasteiger partial charge in [-0.15, -0.1) is 0 Å². The number of aryl methyl sites for hydroxylation is 1. The molecule has 1 amide bonds. The first-order valence-corrected chi connectivity index (χ1v) is 10.3. The lowest BCUT2D eigenvalue weighted by atomic mass is 10.0. The Morgan fingerprint density at radius 1 is 1.23 bits per heavy atom. The van der Waals surface area contributed by atoms with Crippen molar-refractivity contribution in [2.24, 2.45) is 0 Å². The Morgan fingerprint density at radius 2 is 2.07 bits per heavy atom. The van der Waals surface area contributed by atoms with Crippen LogP contribution in [-0.4, -0.2) is 49.3 Å². The average molecular weight is 409 g/mol. The lowest BCUT2D eigenvalue weighted by molar-refractivity contribution is 0.0649. The van der Waals surface area contributed by atoms with Crippen molar-refractivity contribution in [3.8, 4) is 11.3 Å². The zero-order chi connectivity index (χ0) is 20.9. The molecular weight excluding hydrogens is 382 g/mol. The van der Waals surface area contributed by atoms with Crippen molar-refractivity contribution >= 4 is 11.8 Å². The van der Waals surface area contributed by atoms with Gasteiger partial charge in [0.2, 0.25) is 5.88 Å². The summed E-state index contributed by atoms with van der Waals surface area (Å²) in [5.74, 6) is 0.877. The van der Waals surface area contributed by atoms with E-state index in [1.54, 1.807) is 24.1 Å². The molecule has 3 aromatic rings. The van der Waals surface area contributed by atoms with Gasteiger partial charge in [0.25, 0.3) is 5.91 Å². The van der Waals surface area contributed by atoms with Gasteiger partial charge in [-0.2, -0.15) is 0 Å². The molecule has 7 nitrogen and oxygen atoms in total. The minimum absolute atomic E-state index is 0.180. The Kier molecular flexibility index (Phi) is 6.18. The van der Waals surface area contributed by atoms with Crippen LogP contribution in [0.1, 0.15) is 34.5 Å². The van der Waals surface area contributed by atoms with Crippen LogP contribution >= 0.6 is 0 Å². The quantitative estimate of drug-likeness (QED) is 0.557. The molecule has 0 saturated carbocycles. The summed E-state index contributed by atoms with van der Waals surface area (Å²) >= 11 is 0. The van der Waals surface area contributed by atoms with Crippen molar-refractivity contribution in [1.82, 2.24) is 10.1 Å². The monoisotopic (exact) mass is 409 g/mol. The van der Waals surface area contributed by atoms with E-state index in [9.17, 15) is 4.79 Å². The Labute approximate surface area is 176 Å². The summed E-state index contributed by atoms with van der Waals surface area (Å²) in [6.07, 6.45) is 3.76. The van der Waals surface area contributed by atoms with E-state index in [0.717, 1.165) is 54.2 Å². The summed E-state index contributed by atoms with van der Waals surface area (Å²) in [7, 11) is 1.63. The molecule has 1 saturated heterocycles. The van der Waals surface area contributed by atoms with Gasteiger partial charge in [-0.05, 0) is 38.0 Å². The molecule has 0 aliphatic carbocycles. The largest absolute Gasteiger partial charge is 0.459 e. The Balaban J connectivity index is 1.72. The molecule has 0 spiro atoms. The van der Waals surface area contributed by atoms with Gasteiger partial charge in [0.15, 0.2) is 5.76 Å². The number of rotatable bonds is 8. The van der Waals surface area contributed by atoms with Crippen LogP contribution in [0.2, 0.25) is 0 Å². The number of benzene rings is 1. The SMILES string of the molecule is COCCN(Cc1c(-c2cccc(C)c2)noc1N1CCCC1)C(=O)c1ccco1. The predicted molar refractivity (Wildman–Crippen MR) is 113 cm³/mol. The van der Waals surface area contributed by atoms with E-state index in [4.69, 9.17) is 13.7 Å². The van der Waals surface area contributed by atoms with Gasteiger partial charge in [-0.25, -0.2) is 0 Å². The fourth-order valence-corrected chi connectivity index (χ4v) is 3.83. The molecule has 0 bridgehead atoms. The third-order valence-electron chi connectivity index (χ3n) is 5.39. The standard InChI is InChI=1S/C23H27N3O4/c1-17-7-5-8-18(15-17)21-19(23(30-24-21)25-10-3-4-11-25)16-26(12-14-28-2)22(27)20-9-6-13-29-20/h5-9,13,15H,3-4,10-12,14,16H2,1-2H3. The number of amides is 1. The van der Waals surface area contributed by atoms with Crippen LogP contribution < -0.4 is 4.90 Å². The maximum atomic E-state index is 13.1. The Morgan fingerprint density at radius 3 is 2.77 bits per heavy atom. The molecule has 7 heteroatoms. The second kappa shape index (κ2) is 9.17. The minimum atomic E-state index is -0.180. The van der Waals surface area contributed by atoms with Crippen LogP contribution in [0.15, 0.2) is 51.6 Å². The van der Waals surface area contributed by atoms with Gasteiger partial charge in [0.05, 0.1) is 25.0 Å². The maximum absolute atomic E-state index is 13.1. The highest BCUT2D eigenvalue weighted by molar-refractivity contribution is 5.91. The molecule has 4 rings (SSSR count). The van der Waals surface area contributed by atoms with E-state index in [0.29, 0.717) is 25.5 Å². The first-order valence-electron chi connectivity index (χ1n) is 10.3. The Bertz CT molecular complexity index is 974. The number of ether oxygens (including phenoxy) is 1. The van der Waals surface area contributed by atoms with Crippen molar-refractivity contribution in [2.45, 2.75) is 26.3 Å². The third kappa shape index (κ3) is 4.26. The zero-order valence-electron chi connectivity index (χ0n) is 17.5. The van der Waals surface area contributed by atoms with Crippen LogP contribution in [0.25, 0.3) is 11.3 Å². The van der Waals surface area contributed by atoms with Gasteiger partial charge in [-0.3, -0.25) is 4.79 Å². The second-order valence-electron chi connectivity index (χ2n) is 7.58. The number of furan rings is 1. The van der Waals surface area contributed by atoms with Crippen LogP contribution in [0.4, 0.5) is 5.88 Å². The topological polar surface area (TPSA) is 72.0 Å². The number of carbonyl (C=O) groups is 1. The average Bonchev–Trinajstić information content (AvgIpc) is 3.52. The van der Waals surface area contributed by atoms with Crippen molar-refractivity contribution in [1.29, 1.82) is 0 Å². The van der Waals surface area contributed by atoms with Gasteiger partial charge in [0.1, 0.15) is 5.69 Å². The zero-order valence-corrected chi connectivity index (χ0v) is 17.5. The number of hydrogen-bond acceptors (Lipinski definition) is 6. The summed E-state index contributed by atoms with van der Waals surface area (Å²) in [5, 5.41) is 4.42. The molecule has 0 unspecified atom stereocenters. The molecule has 0 radical (unpaired) electrons. The smallest absolute Gasteiger partial charge is 0.289 e. The molecule has 1 aliphatic heterocycles. The molecule has 30 heavy (non-hydrogen) atoms. The molecule has 158 valence electrons. The van der Waals surface area contributed by atoms with Gasteiger partial charge in [-0.1, -0.05) is 28.9 Å². The van der Waals surface area contributed by atoms with Crippen LogP contribution in [0.5, 0.6) is 0 Å². The van der Waals surface area contributed by atoms with Gasteiger partial charge >= 0.3 is 0 Å². The van der Waals surface area contributed by atoms with Crippen molar-refractivity contribution < 1.29 is 18.5 Å². The van der Waals surface area contributed by atoms with Crippen LogP contribution in [0.3, 0.4) is 0 Å². The lowest BCUT2D eigenvalue weighted by Gasteiger charge is -2.23. The highest BCUT2D eigenvalue weighted by atomic mass is 16.5. The number of hydrogen-bond donors (Lipinski definition) is 0. The molecule has 1 aromatic carbocycles. The number of anilines is 1. The number of nitrogens with zero attached hydrogens (tertiary/aromatic N) is 3. The Hall–Kier alpha value is -3.06. The fourth-order valence-electron chi connectivity index (χ4n) is 3.83. The minimum Gasteiger partial charge on any atom is -0.459 e. The highest BCUT2D eigenvalue weighted by Crippen LogP contribution is 2.34. The maximum Gasteiger partial charge on any atom is 0.289 e. The summed E-state index contributed by atoms with van der Waals surface area (Å²) in [5.41, 5.74) is 3.82. The van der Waals surface area contributed by atoms with E-state index in [1.165, 1.54) is 6.26 Å². The van der Waals surface area contributed by atoms with Crippen LogP contribution in [-0.2, 0) is 11.3 Å². The van der Waals surface area contributed by atoms with E-state index in [1.807, 2.05) is 12.1 Å². The predicted octanol–water partition coefficient (Wildman–Crippen LogP) is 4.13. The van der Waals surface area contributed by atoms with Gasteiger partial charge in [0, 0.05) is 32.3 Å².